The summed E-state index contributed by atoms with van der Waals surface area (Å²) in [6, 6.07) is 3.63. The number of imidazole rings is 1. The third kappa shape index (κ3) is 5.55. The van der Waals surface area contributed by atoms with Crippen LogP contribution in [0.15, 0.2) is 53.9 Å². The maximum atomic E-state index is 13.7. The van der Waals surface area contributed by atoms with Crippen molar-refractivity contribution in [3.63, 3.8) is 0 Å². The van der Waals surface area contributed by atoms with Crippen LogP contribution in [0.2, 0.25) is 0 Å². The largest absolute Gasteiger partial charge is 0.480 e. The maximum absolute atomic E-state index is 13.7. The SMILES string of the molecule is C[C@@H]1CCN(C(=O)[C@H](CCC(N)c2ncc[nH]2)NS(=O)(=O)c2cccc3cnccc23)[C@@H](C(=O)O)C1. The van der Waals surface area contributed by atoms with Crippen LogP contribution in [0.1, 0.15) is 44.5 Å². The minimum atomic E-state index is -4.16. The topological polar surface area (TPSA) is 171 Å². The molecule has 4 atom stereocenters. The number of carbonyl (C=O) groups is 2. The number of hydrogen-bond donors (Lipinski definition) is 4. The fourth-order valence-corrected chi connectivity index (χ4v) is 6.07. The van der Waals surface area contributed by atoms with Crippen molar-refractivity contribution in [1.82, 2.24) is 24.6 Å². The second kappa shape index (κ2) is 10.7. The summed E-state index contributed by atoms with van der Waals surface area (Å²) in [5.41, 5.74) is 6.21. The molecule has 4 rings (SSSR count). The van der Waals surface area contributed by atoms with Gasteiger partial charge in [-0.05, 0) is 43.7 Å². The normalized spacial score (nSPS) is 20.2. The Morgan fingerprint density at radius 1 is 1.28 bits per heavy atom. The summed E-state index contributed by atoms with van der Waals surface area (Å²) in [6.45, 7) is 2.18. The molecule has 1 fully saturated rings. The van der Waals surface area contributed by atoms with Gasteiger partial charge < -0.3 is 20.7 Å². The number of rotatable bonds is 9. The highest BCUT2D eigenvalue weighted by Gasteiger charge is 2.39. The Bertz CT molecular complexity index is 1320. The molecule has 0 aliphatic carbocycles. The standard InChI is InChI=1S/C24H30N6O5S/c1-15-8-12-30(20(13-15)24(32)33)23(31)19(6-5-18(25)22-27-10-11-28-22)29-36(34,35)21-4-2-3-16-14-26-9-7-17(16)21/h2-4,7,9-11,14-15,18-20,29H,5-6,8,12-13,25H2,1H3,(H,27,28)(H,32,33)/t15-,18?,19+,20-/m1/s1. The van der Waals surface area contributed by atoms with E-state index < -0.39 is 40.0 Å². The lowest BCUT2D eigenvalue weighted by Gasteiger charge is -2.38. The van der Waals surface area contributed by atoms with Crippen molar-refractivity contribution in [2.45, 2.75) is 55.6 Å². The van der Waals surface area contributed by atoms with Gasteiger partial charge in [0.05, 0.1) is 10.9 Å². The van der Waals surface area contributed by atoms with Gasteiger partial charge in [0, 0.05) is 42.1 Å². The number of aromatic amines is 1. The van der Waals surface area contributed by atoms with Gasteiger partial charge >= 0.3 is 5.97 Å². The number of aliphatic carboxylic acids is 1. The molecule has 1 aromatic carbocycles. The van der Waals surface area contributed by atoms with Gasteiger partial charge in [-0.3, -0.25) is 9.78 Å². The van der Waals surface area contributed by atoms with Crippen molar-refractivity contribution in [2.75, 3.05) is 6.54 Å². The lowest BCUT2D eigenvalue weighted by Crippen LogP contribution is -2.56. The van der Waals surface area contributed by atoms with E-state index in [0.717, 1.165) is 0 Å². The lowest BCUT2D eigenvalue weighted by atomic mass is 9.91. The number of amides is 1. The van der Waals surface area contributed by atoms with Crippen molar-refractivity contribution < 1.29 is 23.1 Å². The predicted molar refractivity (Wildman–Crippen MR) is 132 cm³/mol. The molecule has 1 amide bonds. The second-order valence-corrected chi connectivity index (χ2v) is 10.9. The molecule has 12 heteroatoms. The van der Waals surface area contributed by atoms with Gasteiger partial charge in [-0.25, -0.2) is 18.2 Å². The van der Waals surface area contributed by atoms with Gasteiger partial charge in [0.15, 0.2) is 0 Å². The number of pyridine rings is 1. The minimum absolute atomic E-state index is 0.0117. The molecular formula is C24H30N6O5S. The number of carboxylic acid groups (broad SMARTS) is 1. The van der Waals surface area contributed by atoms with Gasteiger partial charge in [-0.15, -0.1) is 0 Å². The number of benzene rings is 1. The minimum Gasteiger partial charge on any atom is -0.480 e. The second-order valence-electron chi connectivity index (χ2n) is 9.20. The fourth-order valence-electron chi connectivity index (χ4n) is 4.61. The average molecular weight is 515 g/mol. The lowest BCUT2D eigenvalue weighted by molar-refractivity contribution is -0.153. The summed E-state index contributed by atoms with van der Waals surface area (Å²) < 4.78 is 29.6. The number of sulfonamides is 1. The average Bonchev–Trinajstić information content (AvgIpc) is 3.40. The Morgan fingerprint density at radius 2 is 2.08 bits per heavy atom. The molecule has 0 saturated carbocycles. The first-order valence-electron chi connectivity index (χ1n) is 11.8. The maximum Gasteiger partial charge on any atom is 0.326 e. The van der Waals surface area contributed by atoms with E-state index in [2.05, 4.69) is 19.7 Å². The van der Waals surface area contributed by atoms with Crippen LogP contribution in [-0.2, 0) is 19.6 Å². The third-order valence-electron chi connectivity index (χ3n) is 6.60. The Hall–Kier alpha value is -3.35. The first-order chi connectivity index (χ1) is 17.2. The molecular weight excluding hydrogens is 484 g/mol. The number of carboxylic acids is 1. The number of nitrogens with one attached hydrogen (secondary N) is 2. The van der Waals surface area contributed by atoms with E-state index in [0.29, 0.717) is 29.4 Å². The number of nitrogens with two attached hydrogens (primary N) is 1. The van der Waals surface area contributed by atoms with Crippen LogP contribution in [0, 0.1) is 5.92 Å². The predicted octanol–water partition coefficient (Wildman–Crippen LogP) is 1.80. The Balaban J connectivity index is 1.64. The summed E-state index contributed by atoms with van der Waals surface area (Å²) in [6.07, 6.45) is 7.49. The molecule has 192 valence electrons. The Labute approximate surface area is 209 Å². The molecule has 11 nitrogen and oxygen atoms in total. The highest BCUT2D eigenvalue weighted by atomic mass is 32.2. The summed E-state index contributed by atoms with van der Waals surface area (Å²) in [4.78, 5) is 38.0. The highest BCUT2D eigenvalue weighted by Crippen LogP contribution is 2.26. The van der Waals surface area contributed by atoms with Gasteiger partial charge in [-0.2, -0.15) is 4.72 Å². The first-order valence-corrected chi connectivity index (χ1v) is 13.3. The fraction of sp³-hybridized carbons (Fsp3) is 0.417. The smallest absolute Gasteiger partial charge is 0.326 e. The number of aromatic nitrogens is 3. The number of fused-ring (bicyclic) bond motifs is 1. The number of carbonyl (C=O) groups excluding carboxylic acids is 1. The summed E-state index contributed by atoms with van der Waals surface area (Å²) in [5.74, 6) is -1.03. The summed E-state index contributed by atoms with van der Waals surface area (Å²) in [5, 5.41) is 10.9. The van der Waals surface area contributed by atoms with Crippen molar-refractivity contribution in [2.24, 2.45) is 11.7 Å². The molecule has 1 saturated heterocycles. The van der Waals surface area contributed by atoms with Gasteiger partial charge in [0.25, 0.3) is 0 Å². The molecule has 3 heterocycles. The van der Waals surface area contributed by atoms with E-state index in [4.69, 9.17) is 5.73 Å². The molecule has 1 unspecified atom stereocenters. The summed E-state index contributed by atoms with van der Waals surface area (Å²) >= 11 is 0. The van der Waals surface area contributed by atoms with E-state index in [1.54, 1.807) is 36.8 Å². The highest BCUT2D eigenvalue weighted by molar-refractivity contribution is 7.89. The molecule has 5 N–H and O–H groups in total. The van der Waals surface area contributed by atoms with Crippen molar-refractivity contribution in [3.05, 3.63) is 54.9 Å². The van der Waals surface area contributed by atoms with Crippen LogP contribution in [0.3, 0.4) is 0 Å². The van der Waals surface area contributed by atoms with Crippen LogP contribution < -0.4 is 10.5 Å². The number of likely N-dealkylation sites (tertiary alicyclic amines) is 1. The van der Waals surface area contributed by atoms with Gasteiger partial charge in [0.2, 0.25) is 15.9 Å². The van der Waals surface area contributed by atoms with E-state index in [9.17, 15) is 23.1 Å². The molecule has 0 radical (unpaired) electrons. The van der Waals surface area contributed by atoms with Crippen molar-refractivity contribution in [3.8, 4) is 0 Å². The third-order valence-corrected chi connectivity index (χ3v) is 8.13. The number of nitrogens with zero attached hydrogens (tertiary/aromatic N) is 3. The zero-order valence-electron chi connectivity index (χ0n) is 19.9. The van der Waals surface area contributed by atoms with E-state index in [-0.39, 0.29) is 30.2 Å². The van der Waals surface area contributed by atoms with Crippen molar-refractivity contribution in [1.29, 1.82) is 0 Å². The summed E-state index contributed by atoms with van der Waals surface area (Å²) in [7, 11) is -4.16. The molecule has 3 aromatic rings. The van der Waals surface area contributed by atoms with Gasteiger partial charge in [0.1, 0.15) is 17.9 Å². The van der Waals surface area contributed by atoms with E-state index in [1.165, 1.54) is 17.2 Å². The molecule has 1 aliphatic rings. The zero-order chi connectivity index (χ0) is 25.9. The molecule has 0 spiro atoms. The molecule has 1 aliphatic heterocycles. The number of hydrogen-bond acceptors (Lipinski definition) is 7. The van der Waals surface area contributed by atoms with Crippen LogP contribution in [-0.4, -0.2) is 63.9 Å². The first kappa shape index (κ1) is 25.7. The number of piperidine rings is 1. The van der Waals surface area contributed by atoms with Crippen LogP contribution in [0.4, 0.5) is 0 Å². The molecule has 0 bridgehead atoms. The van der Waals surface area contributed by atoms with E-state index >= 15 is 0 Å². The van der Waals surface area contributed by atoms with Crippen molar-refractivity contribution >= 4 is 32.7 Å². The number of H-pyrrole nitrogens is 1. The monoisotopic (exact) mass is 514 g/mol. The zero-order valence-corrected chi connectivity index (χ0v) is 20.7. The molecule has 36 heavy (non-hydrogen) atoms. The van der Waals surface area contributed by atoms with Crippen LogP contribution in [0.25, 0.3) is 10.8 Å². The van der Waals surface area contributed by atoms with Crippen LogP contribution >= 0.6 is 0 Å². The molecule has 2 aromatic heterocycles. The Morgan fingerprint density at radius 3 is 2.81 bits per heavy atom. The Kier molecular flexibility index (Phi) is 7.67. The van der Waals surface area contributed by atoms with E-state index in [1.807, 2.05) is 6.92 Å². The quantitative estimate of drug-likeness (QED) is 0.335. The van der Waals surface area contributed by atoms with Gasteiger partial charge in [-0.1, -0.05) is 19.1 Å². The van der Waals surface area contributed by atoms with Crippen LogP contribution in [0.5, 0.6) is 0 Å².